The minimum Gasteiger partial charge on any atom is -0.360 e. The highest BCUT2D eigenvalue weighted by molar-refractivity contribution is 5.94. The summed E-state index contributed by atoms with van der Waals surface area (Å²) in [5.74, 6) is 1.81. The highest BCUT2D eigenvalue weighted by atomic mass is 16.5. The Bertz CT molecular complexity index is 545. The zero-order chi connectivity index (χ0) is 14.9. The van der Waals surface area contributed by atoms with Gasteiger partial charge in [0.25, 0.3) is 5.91 Å². The van der Waals surface area contributed by atoms with Gasteiger partial charge in [-0.25, -0.2) is 0 Å². The summed E-state index contributed by atoms with van der Waals surface area (Å²) in [6.45, 7) is 0.904. The first-order valence-electron chi connectivity index (χ1n) is 9.13. The number of hydrogen-bond donors (Lipinski definition) is 0. The standard InChI is InChI=1S/C18H26N2O2/c21-18(17-14-9-4-5-11-16(14)22-19-17)20-12-6-10-15(20)13-7-2-1-3-8-13/h13,15H,1-12H2. The van der Waals surface area contributed by atoms with Gasteiger partial charge in [-0.1, -0.05) is 24.4 Å². The van der Waals surface area contributed by atoms with Crippen LogP contribution >= 0.6 is 0 Å². The molecule has 1 saturated carbocycles. The largest absolute Gasteiger partial charge is 0.360 e. The molecule has 1 aliphatic heterocycles. The van der Waals surface area contributed by atoms with Gasteiger partial charge in [-0.2, -0.15) is 0 Å². The number of amides is 1. The van der Waals surface area contributed by atoms with E-state index in [-0.39, 0.29) is 5.91 Å². The zero-order valence-electron chi connectivity index (χ0n) is 13.4. The number of nitrogens with zero attached hydrogens (tertiary/aromatic N) is 2. The zero-order valence-corrected chi connectivity index (χ0v) is 13.4. The molecule has 1 unspecified atom stereocenters. The van der Waals surface area contributed by atoms with Gasteiger partial charge < -0.3 is 9.42 Å². The summed E-state index contributed by atoms with van der Waals surface area (Å²) in [6, 6.07) is 0.448. The first kappa shape index (κ1) is 14.3. The summed E-state index contributed by atoms with van der Waals surface area (Å²) in [5.41, 5.74) is 1.72. The lowest BCUT2D eigenvalue weighted by Gasteiger charge is -2.33. The molecule has 22 heavy (non-hydrogen) atoms. The lowest BCUT2D eigenvalue weighted by Crippen LogP contribution is -2.41. The Morgan fingerprint density at radius 1 is 1.00 bits per heavy atom. The molecule has 1 saturated heterocycles. The first-order chi connectivity index (χ1) is 10.8. The van der Waals surface area contributed by atoms with Crippen LogP contribution in [0.25, 0.3) is 0 Å². The predicted octanol–water partition coefficient (Wildman–Crippen LogP) is 3.74. The van der Waals surface area contributed by atoms with E-state index < -0.39 is 0 Å². The topological polar surface area (TPSA) is 46.3 Å². The minimum atomic E-state index is 0.139. The molecule has 4 nitrogen and oxygen atoms in total. The molecular formula is C18H26N2O2. The normalized spacial score (nSPS) is 26.2. The monoisotopic (exact) mass is 302 g/mol. The fourth-order valence-electron chi connectivity index (χ4n) is 4.74. The number of aryl methyl sites for hydroxylation is 1. The molecule has 0 aromatic carbocycles. The molecule has 0 N–H and O–H groups in total. The highest BCUT2D eigenvalue weighted by Gasteiger charge is 2.37. The Morgan fingerprint density at radius 3 is 2.68 bits per heavy atom. The number of aromatic nitrogens is 1. The Morgan fingerprint density at radius 2 is 1.82 bits per heavy atom. The summed E-state index contributed by atoms with van der Waals surface area (Å²) in [4.78, 5) is 15.2. The average molecular weight is 302 g/mol. The fourth-order valence-corrected chi connectivity index (χ4v) is 4.74. The SMILES string of the molecule is O=C(c1noc2c1CCCC2)N1CCCC1C1CCCCC1. The van der Waals surface area contributed by atoms with E-state index in [4.69, 9.17) is 4.52 Å². The summed E-state index contributed by atoms with van der Waals surface area (Å²) in [6.07, 6.45) is 13.2. The average Bonchev–Trinajstić information content (AvgIpc) is 3.22. The molecule has 1 aromatic rings. The molecule has 0 radical (unpaired) electrons. The number of rotatable bonds is 2. The van der Waals surface area contributed by atoms with Gasteiger partial charge in [-0.3, -0.25) is 4.79 Å². The first-order valence-corrected chi connectivity index (χ1v) is 9.13. The van der Waals surface area contributed by atoms with Gasteiger partial charge in [0.05, 0.1) is 0 Å². The Hall–Kier alpha value is -1.32. The third-order valence-corrected chi connectivity index (χ3v) is 5.91. The van der Waals surface area contributed by atoms with Crippen LogP contribution in [0.5, 0.6) is 0 Å². The van der Waals surface area contributed by atoms with E-state index in [1.54, 1.807) is 0 Å². The molecule has 2 heterocycles. The molecule has 1 aromatic heterocycles. The fraction of sp³-hybridized carbons (Fsp3) is 0.778. The van der Waals surface area contributed by atoms with Gasteiger partial charge in [0.1, 0.15) is 5.76 Å². The highest BCUT2D eigenvalue weighted by Crippen LogP contribution is 2.35. The van der Waals surface area contributed by atoms with E-state index in [0.717, 1.165) is 50.0 Å². The second kappa shape index (κ2) is 6.05. The molecule has 0 spiro atoms. The van der Waals surface area contributed by atoms with Crippen LogP contribution in [0.2, 0.25) is 0 Å². The van der Waals surface area contributed by atoms with Crippen LogP contribution in [0, 0.1) is 5.92 Å². The van der Waals surface area contributed by atoms with Crippen molar-refractivity contribution in [2.75, 3.05) is 6.54 Å². The van der Waals surface area contributed by atoms with E-state index in [1.807, 2.05) is 0 Å². The molecular weight excluding hydrogens is 276 g/mol. The number of carbonyl (C=O) groups excluding carboxylic acids is 1. The van der Waals surface area contributed by atoms with Gasteiger partial charge in [-0.15, -0.1) is 0 Å². The van der Waals surface area contributed by atoms with E-state index >= 15 is 0 Å². The van der Waals surface area contributed by atoms with Gasteiger partial charge >= 0.3 is 0 Å². The summed E-state index contributed by atoms with van der Waals surface area (Å²) in [5, 5.41) is 4.16. The van der Waals surface area contributed by atoms with Crippen molar-refractivity contribution < 1.29 is 9.32 Å². The van der Waals surface area contributed by atoms with E-state index in [0.29, 0.717) is 17.7 Å². The molecule has 1 amide bonds. The van der Waals surface area contributed by atoms with Crippen molar-refractivity contribution in [3.63, 3.8) is 0 Å². The second-order valence-electron chi connectivity index (χ2n) is 7.25. The van der Waals surface area contributed by atoms with Crippen LogP contribution < -0.4 is 0 Å². The molecule has 4 rings (SSSR count). The summed E-state index contributed by atoms with van der Waals surface area (Å²) in [7, 11) is 0. The van der Waals surface area contributed by atoms with Crippen LogP contribution in [0.15, 0.2) is 4.52 Å². The van der Waals surface area contributed by atoms with Gasteiger partial charge in [-0.05, 0) is 50.9 Å². The Kier molecular flexibility index (Phi) is 3.93. The summed E-state index contributed by atoms with van der Waals surface area (Å²) < 4.78 is 5.45. The predicted molar refractivity (Wildman–Crippen MR) is 83.8 cm³/mol. The van der Waals surface area contributed by atoms with Crippen molar-refractivity contribution in [1.29, 1.82) is 0 Å². The third kappa shape index (κ3) is 2.46. The maximum Gasteiger partial charge on any atom is 0.276 e. The van der Waals surface area contributed by atoms with Crippen molar-refractivity contribution >= 4 is 5.91 Å². The molecule has 0 bridgehead atoms. The molecule has 120 valence electrons. The smallest absolute Gasteiger partial charge is 0.276 e. The number of hydrogen-bond acceptors (Lipinski definition) is 3. The maximum absolute atomic E-state index is 13.0. The second-order valence-corrected chi connectivity index (χ2v) is 7.25. The van der Waals surface area contributed by atoms with E-state index in [9.17, 15) is 4.79 Å². The lowest BCUT2D eigenvalue weighted by atomic mass is 9.83. The van der Waals surface area contributed by atoms with Crippen LogP contribution in [0.1, 0.15) is 79.6 Å². The van der Waals surface area contributed by atoms with Crippen LogP contribution in [-0.2, 0) is 12.8 Å². The Labute approximate surface area is 132 Å². The summed E-state index contributed by atoms with van der Waals surface area (Å²) >= 11 is 0. The Balaban J connectivity index is 1.55. The van der Waals surface area contributed by atoms with Crippen molar-refractivity contribution in [2.45, 2.75) is 76.7 Å². The quantitative estimate of drug-likeness (QED) is 0.836. The molecule has 2 fully saturated rings. The van der Waals surface area contributed by atoms with Gasteiger partial charge in [0, 0.05) is 24.6 Å². The van der Waals surface area contributed by atoms with Gasteiger partial charge in [0.2, 0.25) is 0 Å². The van der Waals surface area contributed by atoms with Crippen LogP contribution in [0.4, 0.5) is 0 Å². The van der Waals surface area contributed by atoms with Crippen molar-refractivity contribution in [3.8, 4) is 0 Å². The number of fused-ring (bicyclic) bond motifs is 1. The van der Waals surface area contributed by atoms with Crippen LogP contribution in [0.3, 0.4) is 0 Å². The third-order valence-electron chi connectivity index (χ3n) is 5.91. The van der Waals surface area contributed by atoms with Crippen molar-refractivity contribution in [2.24, 2.45) is 5.92 Å². The van der Waals surface area contributed by atoms with Crippen LogP contribution in [-0.4, -0.2) is 28.6 Å². The molecule has 2 aliphatic carbocycles. The molecule has 4 heteroatoms. The van der Waals surface area contributed by atoms with E-state index in [1.165, 1.54) is 38.5 Å². The van der Waals surface area contributed by atoms with Gasteiger partial charge in [0.15, 0.2) is 5.69 Å². The van der Waals surface area contributed by atoms with E-state index in [2.05, 4.69) is 10.1 Å². The maximum atomic E-state index is 13.0. The van der Waals surface area contributed by atoms with Crippen molar-refractivity contribution in [1.82, 2.24) is 10.1 Å². The molecule has 3 aliphatic rings. The number of likely N-dealkylation sites (tertiary alicyclic amines) is 1. The lowest BCUT2D eigenvalue weighted by molar-refractivity contribution is 0.0650. The molecule has 1 atom stereocenters. The van der Waals surface area contributed by atoms with Crippen molar-refractivity contribution in [3.05, 3.63) is 17.0 Å². The minimum absolute atomic E-state index is 0.139. The number of carbonyl (C=O) groups is 1.